The number of phenols is 1. The topological polar surface area (TPSA) is 137 Å². The molecular formula is C25H29ClN2O7S. The maximum Gasteiger partial charge on any atom is 0.262 e. The van der Waals surface area contributed by atoms with Crippen molar-refractivity contribution in [1.29, 1.82) is 0 Å². The summed E-state index contributed by atoms with van der Waals surface area (Å²) in [5, 5.41) is 33.7. The van der Waals surface area contributed by atoms with Crippen molar-refractivity contribution in [2.45, 2.75) is 30.1 Å². The molecule has 0 aromatic heterocycles. The Kier molecular flexibility index (Phi) is 9.80. The summed E-state index contributed by atoms with van der Waals surface area (Å²) in [4.78, 5) is -0.0235. The molecule has 0 aliphatic rings. The molecule has 0 saturated heterocycles. The van der Waals surface area contributed by atoms with E-state index in [1.807, 2.05) is 24.3 Å². The van der Waals surface area contributed by atoms with Crippen LogP contribution in [-0.2, 0) is 16.4 Å². The maximum atomic E-state index is 12.6. The van der Waals surface area contributed by atoms with E-state index < -0.39 is 22.4 Å². The molecule has 9 nitrogen and oxygen atoms in total. The van der Waals surface area contributed by atoms with Gasteiger partial charge in [0.1, 0.15) is 36.2 Å². The average molecular weight is 537 g/mol. The SMILES string of the molecule is COc1ccc(CC[C@H](O)NCC(O)COc2ccc(O)c(NS(=O)(=O)c3ccc(Cl)cc3)c2)cc1. The van der Waals surface area contributed by atoms with Gasteiger partial charge in [0.2, 0.25) is 0 Å². The molecule has 3 rings (SSSR count). The Labute approximate surface area is 215 Å². The van der Waals surface area contributed by atoms with Crippen LogP contribution in [0, 0.1) is 0 Å². The zero-order chi connectivity index (χ0) is 26.1. The number of halogens is 1. The number of aliphatic hydroxyl groups is 2. The number of aromatic hydroxyl groups is 1. The number of methoxy groups -OCH3 is 1. The lowest BCUT2D eigenvalue weighted by Crippen LogP contribution is -2.38. The molecule has 0 aliphatic heterocycles. The van der Waals surface area contributed by atoms with Gasteiger partial charge in [-0.15, -0.1) is 0 Å². The van der Waals surface area contributed by atoms with E-state index in [1.54, 1.807) is 7.11 Å². The van der Waals surface area contributed by atoms with Crippen LogP contribution in [-0.4, -0.2) is 56.3 Å². The molecule has 5 N–H and O–H groups in total. The van der Waals surface area contributed by atoms with E-state index in [2.05, 4.69) is 10.0 Å². The fourth-order valence-corrected chi connectivity index (χ4v) is 4.42. The first-order valence-electron chi connectivity index (χ1n) is 11.1. The van der Waals surface area contributed by atoms with E-state index in [9.17, 15) is 23.7 Å². The van der Waals surface area contributed by atoms with E-state index in [4.69, 9.17) is 21.1 Å². The summed E-state index contributed by atoms with van der Waals surface area (Å²) in [6, 6.07) is 17.2. The molecule has 0 amide bonds. The van der Waals surface area contributed by atoms with Gasteiger partial charge >= 0.3 is 0 Å². The van der Waals surface area contributed by atoms with Gasteiger partial charge in [0, 0.05) is 17.6 Å². The summed E-state index contributed by atoms with van der Waals surface area (Å²) >= 11 is 5.80. The molecule has 194 valence electrons. The van der Waals surface area contributed by atoms with Gasteiger partial charge in [-0.2, -0.15) is 0 Å². The molecule has 36 heavy (non-hydrogen) atoms. The Morgan fingerprint density at radius 3 is 2.31 bits per heavy atom. The van der Waals surface area contributed by atoms with Gasteiger partial charge in [-0.05, 0) is 66.9 Å². The first-order chi connectivity index (χ1) is 17.2. The minimum absolute atomic E-state index is 0.0235. The minimum Gasteiger partial charge on any atom is -0.506 e. The predicted molar refractivity (Wildman–Crippen MR) is 137 cm³/mol. The zero-order valence-electron chi connectivity index (χ0n) is 19.6. The molecule has 3 aromatic carbocycles. The Bertz CT molecular complexity index is 1220. The minimum atomic E-state index is -3.97. The third kappa shape index (κ3) is 8.28. The number of phenolic OH excluding ortho intramolecular Hbond substituents is 1. The van der Waals surface area contributed by atoms with Crippen molar-refractivity contribution in [3.63, 3.8) is 0 Å². The lowest BCUT2D eigenvalue weighted by molar-refractivity contribution is 0.0712. The van der Waals surface area contributed by atoms with Crippen LogP contribution in [0.5, 0.6) is 17.2 Å². The van der Waals surface area contributed by atoms with Crippen molar-refractivity contribution in [1.82, 2.24) is 5.32 Å². The Balaban J connectivity index is 1.47. The summed E-state index contributed by atoms with van der Waals surface area (Å²) in [6.07, 6.45) is -0.657. The molecule has 0 spiro atoms. The van der Waals surface area contributed by atoms with Crippen LogP contribution < -0.4 is 19.5 Å². The first-order valence-corrected chi connectivity index (χ1v) is 13.0. The largest absolute Gasteiger partial charge is 0.506 e. The second-order valence-corrected chi connectivity index (χ2v) is 10.1. The van der Waals surface area contributed by atoms with Gasteiger partial charge in [-0.1, -0.05) is 23.7 Å². The zero-order valence-corrected chi connectivity index (χ0v) is 21.2. The maximum absolute atomic E-state index is 12.6. The van der Waals surface area contributed by atoms with E-state index in [-0.39, 0.29) is 35.2 Å². The molecular weight excluding hydrogens is 508 g/mol. The number of aliphatic hydroxyl groups excluding tert-OH is 2. The van der Waals surface area contributed by atoms with Crippen molar-refractivity contribution >= 4 is 27.3 Å². The van der Waals surface area contributed by atoms with Crippen molar-refractivity contribution in [2.24, 2.45) is 0 Å². The molecule has 3 aromatic rings. The highest BCUT2D eigenvalue weighted by atomic mass is 35.5. The van der Waals surface area contributed by atoms with E-state index in [1.165, 1.54) is 42.5 Å². The molecule has 1 unspecified atom stereocenters. The monoisotopic (exact) mass is 536 g/mol. The second-order valence-electron chi connectivity index (χ2n) is 8.01. The second kappa shape index (κ2) is 12.8. The first kappa shape index (κ1) is 27.6. The number of aryl methyl sites for hydroxylation is 1. The molecule has 0 heterocycles. The Hall–Kier alpha value is -3.02. The summed E-state index contributed by atoms with van der Waals surface area (Å²) in [5.41, 5.74) is 0.972. The number of rotatable bonds is 13. The smallest absolute Gasteiger partial charge is 0.262 e. The summed E-state index contributed by atoms with van der Waals surface area (Å²) in [6.45, 7) is -0.0374. The lowest BCUT2D eigenvalue weighted by Gasteiger charge is -2.17. The predicted octanol–water partition coefficient (Wildman–Crippen LogP) is 3.14. The number of hydrogen-bond acceptors (Lipinski definition) is 8. The number of nitrogens with one attached hydrogen (secondary N) is 2. The van der Waals surface area contributed by atoms with Crippen LogP contribution in [0.1, 0.15) is 12.0 Å². The summed E-state index contributed by atoms with van der Waals surface area (Å²) in [7, 11) is -2.37. The molecule has 11 heteroatoms. The van der Waals surface area contributed by atoms with Crippen LogP contribution in [0.15, 0.2) is 71.6 Å². The molecule has 0 bridgehead atoms. The van der Waals surface area contributed by atoms with E-state index in [0.717, 1.165) is 11.3 Å². The summed E-state index contributed by atoms with van der Waals surface area (Å²) < 4.78 is 38.1. The van der Waals surface area contributed by atoms with Crippen LogP contribution >= 0.6 is 11.6 Å². The van der Waals surface area contributed by atoms with Gasteiger partial charge in [0.25, 0.3) is 10.0 Å². The molecule has 0 saturated carbocycles. The number of hydrogen-bond donors (Lipinski definition) is 5. The fourth-order valence-electron chi connectivity index (χ4n) is 3.23. The Morgan fingerprint density at radius 1 is 0.972 bits per heavy atom. The number of anilines is 1. The van der Waals surface area contributed by atoms with Crippen LogP contribution in [0.4, 0.5) is 5.69 Å². The summed E-state index contributed by atoms with van der Waals surface area (Å²) in [5.74, 6) is 0.711. The third-order valence-electron chi connectivity index (χ3n) is 5.23. The average Bonchev–Trinajstić information content (AvgIpc) is 2.87. The van der Waals surface area contributed by atoms with E-state index in [0.29, 0.717) is 17.9 Å². The molecule has 0 fully saturated rings. The van der Waals surface area contributed by atoms with E-state index >= 15 is 0 Å². The van der Waals surface area contributed by atoms with Crippen molar-refractivity contribution in [3.05, 3.63) is 77.3 Å². The van der Waals surface area contributed by atoms with Gasteiger partial charge in [0.05, 0.1) is 17.7 Å². The molecule has 2 atom stereocenters. The highest BCUT2D eigenvalue weighted by molar-refractivity contribution is 7.92. The van der Waals surface area contributed by atoms with Crippen LogP contribution in [0.3, 0.4) is 0 Å². The van der Waals surface area contributed by atoms with Gasteiger partial charge in [0.15, 0.2) is 0 Å². The quantitative estimate of drug-likeness (QED) is 0.166. The molecule has 0 radical (unpaired) electrons. The van der Waals surface area contributed by atoms with Crippen LogP contribution in [0.25, 0.3) is 0 Å². The van der Waals surface area contributed by atoms with Gasteiger partial charge < -0.3 is 24.8 Å². The standard InChI is InChI=1S/C25H29ClN2O7S/c1-34-20-7-2-17(3-8-20)4-13-25(31)27-15-19(29)16-35-21-9-12-24(30)23(14-21)28-36(32,33)22-10-5-18(26)6-11-22/h2-3,5-12,14,19,25,27-31H,4,13,15-16H2,1H3/t19?,25-/m0/s1. The highest BCUT2D eigenvalue weighted by Crippen LogP contribution is 2.30. The van der Waals surface area contributed by atoms with Crippen molar-refractivity contribution in [2.75, 3.05) is 25.0 Å². The van der Waals surface area contributed by atoms with Crippen molar-refractivity contribution < 1.29 is 33.2 Å². The normalized spacial score (nSPS) is 13.1. The lowest BCUT2D eigenvalue weighted by atomic mass is 10.1. The number of ether oxygens (including phenoxy) is 2. The third-order valence-corrected chi connectivity index (χ3v) is 6.87. The molecule has 0 aliphatic carbocycles. The fraction of sp³-hybridized carbons (Fsp3) is 0.280. The van der Waals surface area contributed by atoms with Gasteiger partial charge in [-0.3, -0.25) is 10.0 Å². The highest BCUT2D eigenvalue weighted by Gasteiger charge is 2.17. The number of benzene rings is 3. The van der Waals surface area contributed by atoms with Gasteiger partial charge in [-0.25, -0.2) is 8.42 Å². The number of sulfonamides is 1. The van der Waals surface area contributed by atoms with Crippen molar-refractivity contribution in [3.8, 4) is 17.2 Å². The Morgan fingerprint density at radius 2 is 1.64 bits per heavy atom. The van der Waals surface area contributed by atoms with Crippen LogP contribution in [0.2, 0.25) is 5.02 Å².